The Morgan fingerprint density at radius 3 is 2.37 bits per heavy atom. The summed E-state index contributed by atoms with van der Waals surface area (Å²) >= 11 is 1.70. The molecular formula is C29H32F2N2OS. The molecule has 0 spiro atoms. The van der Waals surface area contributed by atoms with Crippen LogP contribution in [-0.2, 0) is 6.42 Å². The maximum absolute atomic E-state index is 14.0. The third-order valence-electron chi connectivity index (χ3n) is 7.06. The first-order valence-corrected chi connectivity index (χ1v) is 13.2. The van der Waals surface area contributed by atoms with Gasteiger partial charge in [0, 0.05) is 48.6 Å². The molecule has 2 aliphatic rings. The van der Waals surface area contributed by atoms with Gasteiger partial charge in [-0.1, -0.05) is 43.8 Å². The highest BCUT2D eigenvalue weighted by Crippen LogP contribution is 2.44. The van der Waals surface area contributed by atoms with E-state index in [1.54, 1.807) is 36.0 Å². The average molecular weight is 495 g/mol. The van der Waals surface area contributed by atoms with Gasteiger partial charge >= 0.3 is 0 Å². The summed E-state index contributed by atoms with van der Waals surface area (Å²) in [6, 6.07) is 18.5. The van der Waals surface area contributed by atoms with Gasteiger partial charge in [-0.25, -0.2) is 8.78 Å². The lowest BCUT2D eigenvalue weighted by Gasteiger charge is -2.39. The maximum Gasteiger partial charge on any atom is 0.124 e. The Hall–Kier alpha value is -2.41. The molecule has 0 saturated carbocycles. The van der Waals surface area contributed by atoms with Crippen molar-refractivity contribution in [2.24, 2.45) is 0 Å². The molecule has 35 heavy (non-hydrogen) atoms. The minimum absolute atomic E-state index is 0.175. The minimum Gasteiger partial charge on any atom is -0.492 e. The zero-order chi connectivity index (χ0) is 24.4. The van der Waals surface area contributed by atoms with Crippen LogP contribution in [0.25, 0.3) is 0 Å². The van der Waals surface area contributed by atoms with Crippen molar-refractivity contribution in [3.8, 4) is 5.75 Å². The van der Waals surface area contributed by atoms with E-state index in [-0.39, 0.29) is 17.7 Å². The highest BCUT2D eigenvalue weighted by atomic mass is 32.2. The number of fused-ring (bicyclic) bond motifs is 2. The Labute approximate surface area is 211 Å². The molecule has 0 N–H and O–H groups in total. The van der Waals surface area contributed by atoms with Gasteiger partial charge in [0.2, 0.25) is 0 Å². The van der Waals surface area contributed by atoms with E-state index in [9.17, 15) is 8.78 Å². The molecule has 0 aliphatic carbocycles. The normalized spacial score (nSPS) is 18.7. The molecule has 6 heteroatoms. The van der Waals surface area contributed by atoms with Crippen molar-refractivity contribution in [1.29, 1.82) is 0 Å². The van der Waals surface area contributed by atoms with Gasteiger partial charge in [-0.05, 0) is 71.5 Å². The fourth-order valence-electron chi connectivity index (χ4n) is 4.96. The van der Waals surface area contributed by atoms with Gasteiger partial charge in [0.25, 0.3) is 0 Å². The first kappa shape index (κ1) is 24.3. The third kappa shape index (κ3) is 5.71. The van der Waals surface area contributed by atoms with Crippen molar-refractivity contribution in [2.75, 3.05) is 39.3 Å². The molecule has 3 aromatic rings. The molecule has 2 aliphatic heterocycles. The van der Waals surface area contributed by atoms with E-state index in [1.165, 1.54) is 33.7 Å². The second-order valence-corrected chi connectivity index (χ2v) is 10.8. The monoisotopic (exact) mass is 494 g/mol. The van der Waals surface area contributed by atoms with Crippen LogP contribution < -0.4 is 4.74 Å². The van der Waals surface area contributed by atoms with Crippen molar-refractivity contribution >= 4 is 11.8 Å². The standard InChI is InChI=1S/C29H32F2N2OS/c1-20(2)21-4-10-28-26(17-21)27(18-22-3-5-24(31)19-29(22)35-28)33-13-11-32(12-14-33)15-16-34-25-8-6-23(30)7-9-25/h3-10,17,19-20,27H,11-16,18H2,1-2H3. The number of benzene rings is 3. The van der Waals surface area contributed by atoms with Crippen LogP contribution >= 0.6 is 11.8 Å². The zero-order valence-electron chi connectivity index (χ0n) is 20.3. The fourth-order valence-corrected chi connectivity index (χ4v) is 6.10. The van der Waals surface area contributed by atoms with Crippen LogP contribution in [0.5, 0.6) is 5.75 Å². The van der Waals surface area contributed by atoms with E-state index < -0.39 is 0 Å². The van der Waals surface area contributed by atoms with Crippen molar-refractivity contribution in [3.63, 3.8) is 0 Å². The van der Waals surface area contributed by atoms with E-state index in [0.29, 0.717) is 18.3 Å². The molecule has 1 atom stereocenters. The van der Waals surface area contributed by atoms with Crippen LogP contribution in [0.3, 0.4) is 0 Å². The first-order valence-electron chi connectivity index (χ1n) is 12.4. The molecule has 0 radical (unpaired) electrons. The maximum atomic E-state index is 14.0. The van der Waals surface area contributed by atoms with Crippen molar-refractivity contribution in [1.82, 2.24) is 9.80 Å². The van der Waals surface area contributed by atoms with Gasteiger partial charge in [0.1, 0.15) is 24.0 Å². The van der Waals surface area contributed by atoms with Crippen molar-refractivity contribution in [3.05, 3.63) is 89.0 Å². The summed E-state index contributed by atoms with van der Waals surface area (Å²) in [4.78, 5) is 7.29. The first-order chi connectivity index (χ1) is 17.0. The lowest BCUT2D eigenvalue weighted by Crippen LogP contribution is -2.49. The molecule has 1 unspecified atom stereocenters. The number of piperazine rings is 1. The van der Waals surface area contributed by atoms with E-state index in [2.05, 4.69) is 41.8 Å². The molecule has 1 fully saturated rings. The zero-order valence-corrected chi connectivity index (χ0v) is 21.2. The Morgan fingerprint density at radius 2 is 1.63 bits per heavy atom. The lowest BCUT2D eigenvalue weighted by atomic mass is 9.93. The van der Waals surface area contributed by atoms with Crippen molar-refractivity contribution in [2.45, 2.75) is 42.0 Å². The SMILES string of the molecule is CC(C)c1ccc2c(c1)C(N1CCN(CCOc3ccc(F)cc3)CC1)Cc1ccc(F)cc1S2. The van der Waals surface area contributed by atoms with E-state index >= 15 is 0 Å². The molecule has 5 rings (SSSR count). The summed E-state index contributed by atoms with van der Waals surface area (Å²) in [5, 5.41) is 0. The van der Waals surface area contributed by atoms with Gasteiger partial charge in [0.15, 0.2) is 0 Å². The summed E-state index contributed by atoms with van der Waals surface area (Å²) < 4.78 is 32.9. The number of ether oxygens (including phenoxy) is 1. The Morgan fingerprint density at radius 1 is 0.886 bits per heavy atom. The molecule has 1 saturated heterocycles. The third-order valence-corrected chi connectivity index (χ3v) is 8.25. The predicted molar refractivity (Wildman–Crippen MR) is 137 cm³/mol. The van der Waals surface area contributed by atoms with Crippen molar-refractivity contribution < 1.29 is 13.5 Å². The molecule has 0 aromatic heterocycles. The summed E-state index contributed by atoms with van der Waals surface area (Å²) in [7, 11) is 0. The van der Waals surface area contributed by atoms with Crippen LogP contribution in [0.1, 0.15) is 42.5 Å². The fraction of sp³-hybridized carbons (Fsp3) is 0.379. The number of hydrogen-bond donors (Lipinski definition) is 0. The van der Waals surface area contributed by atoms with E-state index in [4.69, 9.17) is 4.74 Å². The molecule has 3 aromatic carbocycles. The van der Waals surface area contributed by atoms with Gasteiger partial charge in [-0.3, -0.25) is 9.80 Å². The van der Waals surface area contributed by atoms with E-state index in [0.717, 1.165) is 44.0 Å². The average Bonchev–Trinajstić information content (AvgIpc) is 3.01. The highest BCUT2D eigenvalue weighted by Gasteiger charge is 2.30. The molecular weight excluding hydrogens is 462 g/mol. The van der Waals surface area contributed by atoms with Crippen LogP contribution in [0.4, 0.5) is 8.78 Å². The van der Waals surface area contributed by atoms with Crippen LogP contribution in [0.15, 0.2) is 70.5 Å². The topological polar surface area (TPSA) is 15.7 Å². The predicted octanol–water partition coefficient (Wildman–Crippen LogP) is 6.53. The van der Waals surface area contributed by atoms with Gasteiger partial charge < -0.3 is 4.74 Å². The van der Waals surface area contributed by atoms with Gasteiger partial charge in [0.05, 0.1) is 0 Å². The lowest BCUT2D eigenvalue weighted by molar-refractivity contribution is 0.0849. The molecule has 0 bridgehead atoms. The molecule has 2 heterocycles. The largest absolute Gasteiger partial charge is 0.492 e. The van der Waals surface area contributed by atoms with Crippen LogP contribution in [-0.4, -0.2) is 49.1 Å². The second kappa shape index (κ2) is 10.7. The number of hydrogen-bond acceptors (Lipinski definition) is 4. The quantitative estimate of drug-likeness (QED) is 0.387. The van der Waals surface area contributed by atoms with Crippen LogP contribution in [0, 0.1) is 11.6 Å². The number of nitrogens with zero attached hydrogens (tertiary/aromatic N) is 2. The molecule has 184 valence electrons. The smallest absolute Gasteiger partial charge is 0.124 e. The molecule has 0 amide bonds. The minimum atomic E-state index is -0.250. The van der Waals surface area contributed by atoms with Gasteiger partial charge in [-0.2, -0.15) is 0 Å². The summed E-state index contributed by atoms with van der Waals surface area (Å²) in [5.74, 6) is 0.743. The Bertz CT molecular complexity index is 1160. The Kier molecular flexibility index (Phi) is 7.42. The number of rotatable bonds is 6. The summed E-state index contributed by atoms with van der Waals surface area (Å²) in [5.41, 5.74) is 3.94. The highest BCUT2D eigenvalue weighted by molar-refractivity contribution is 7.99. The van der Waals surface area contributed by atoms with E-state index in [1.807, 2.05) is 6.07 Å². The van der Waals surface area contributed by atoms with Gasteiger partial charge in [-0.15, -0.1) is 0 Å². The summed E-state index contributed by atoms with van der Waals surface area (Å²) in [6.07, 6.45) is 0.894. The van der Waals surface area contributed by atoms with Crippen LogP contribution in [0.2, 0.25) is 0 Å². The molecule has 3 nitrogen and oxygen atoms in total. The summed E-state index contributed by atoms with van der Waals surface area (Å²) in [6.45, 7) is 9.82. The number of halogens is 2. The Balaban J connectivity index is 1.28. The second-order valence-electron chi connectivity index (χ2n) is 9.71.